The molecular formula is C17H20NO5S. The zero-order chi connectivity index (χ0) is 17.9. The van der Waals surface area contributed by atoms with Crippen LogP contribution in [-0.4, -0.2) is 38.3 Å². The van der Waals surface area contributed by atoms with Gasteiger partial charge in [-0.25, -0.2) is 0 Å². The van der Waals surface area contributed by atoms with Gasteiger partial charge in [0.15, 0.2) is 0 Å². The lowest BCUT2D eigenvalue weighted by Crippen LogP contribution is -2.35. The second-order valence-electron chi connectivity index (χ2n) is 5.70. The highest BCUT2D eigenvalue weighted by Gasteiger charge is 2.40. The Hall–Kier alpha value is -1.99. The molecule has 0 bridgehead atoms. The van der Waals surface area contributed by atoms with Gasteiger partial charge < -0.3 is 0 Å². The summed E-state index contributed by atoms with van der Waals surface area (Å²) in [6, 6.07) is 6.23. The van der Waals surface area contributed by atoms with E-state index in [0.29, 0.717) is 0 Å². The zero-order valence-corrected chi connectivity index (χ0v) is 14.5. The molecule has 24 heavy (non-hydrogen) atoms. The average molecular weight is 350 g/mol. The maximum atomic E-state index is 12.2. The van der Waals surface area contributed by atoms with Gasteiger partial charge in [-0.3, -0.25) is 18.7 Å². The number of hydrogen-bond donors (Lipinski definition) is 0. The predicted molar refractivity (Wildman–Crippen MR) is 88.2 cm³/mol. The van der Waals surface area contributed by atoms with E-state index in [1.54, 1.807) is 25.1 Å². The van der Waals surface area contributed by atoms with Crippen LogP contribution in [0.15, 0.2) is 41.8 Å². The van der Waals surface area contributed by atoms with Crippen LogP contribution in [0.5, 0.6) is 0 Å². The minimum atomic E-state index is -3.91. The van der Waals surface area contributed by atoms with Crippen molar-refractivity contribution in [2.45, 2.75) is 18.7 Å². The highest BCUT2D eigenvalue weighted by atomic mass is 32.2. The quantitative estimate of drug-likeness (QED) is 0.425. The highest BCUT2D eigenvalue weighted by Crippen LogP contribution is 2.26. The molecule has 6 nitrogen and oxygen atoms in total. The second kappa shape index (κ2) is 7.27. The molecule has 1 aromatic rings. The smallest absolute Gasteiger partial charge is 0.280 e. The van der Waals surface area contributed by atoms with E-state index in [1.807, 2.05) is 6.92 Å². The van der Waals surface area contributed by atoms with E-state index in [2.05, 4.69) is 6.58 Å². The van der Waals surface area contributed by atoms with Crippen molar-refractivity contribution in [3.05, 3.63) is 48.9 Å². The van der Waals surface area contributed by atoms with Crippen LogP contribution in [0.3, 0.4) is 0 Å². The number of rotatable bonds is 7. The molecule has 1 saturated heterocycles. The maximum Gasteiger partial charge on any atom is 0.297 e. The van der Waals surface area contributed by atoms with Crippen molar-refractivity contribution >= 4 is 21.9 Å². The highest BCUT2D eigenvalue weighted by molar-refractivity contribution is 7.86. The Labute approximate surface area is 142 Å². The van der Waals surface area contributed by atoms with Gasteiger partial charge in [0.25, 0.3) is 10.1 Å². The van der Waals surface area contributed by atoms with Gasteiger partial charge in [0.2, 0.25) is 11.8 Å². The second-order valence-corrected chi connectivity index (χ2v) is 7.32. The molecule has 0 saturated carbocycles. The van der Waals surface area contributed by atoms with Crippen molar-refractivity contribution in [1.29, 1.82) is 0 Å². The van der Waals surface area contributed by atoms with E-state index in [0.717, 1.165) is 10.5 Å². The van der Waals surface area contributed by atoms with Gasteiger partial charge in [0.1, 0.15) is 0 Å². The fourth-order valence-electron chi connectivity index (χ4n) is 2.36. The molecule has 1 fully saturated rings. The average Bonchev–Trinajstić information content (AvgIpc) is 2.82. The summed E-state index contributed by atoms with van der Waals surface area (Å²) in [5, 5.41) is 0. The first kappa shape index (κ1) is 18.4. The number of hydrogen-bond acceptors (Lipinski definition) is 5. The summed E-state index contributed by atoms with van der Waals surface area (Å²) in [4.78, 5) is 25.1. The van der Waals surface area contributed by atoms with E-state index >= 15 is 0 Å². The number of aryl methyl sites for hydroxylation is 1. The van der Waals surface area contributed by atoms with Crippen molar-refractivity contribution in [3.8, 4) is 0 Å². The molecule has 1 radical (unpaired) electrons. The number of nitrogens with zero attached hydrogens (tertiary/aromatic N) is 1. The molecule has 129 valence electrons. The van der Waals surface area contributed by atoms with E-state index in [-0.39, 0.29) is 29.9 Å². The molecule has 0 spiro atoms. The van der Waals surface area contributed by atoms with Gasteiger partial charge >= 0.3 is 0 Å². The van der Waals surface area contributed by atoms with E-state index < -0.39 is 21.9 Å². The summed E-state index contributed by atoms with van der Waals surface area (Å²) in [7, 11) is -3.91. The van der Waals surface area contributed by atoms with E-state index in [1.165, 1.54) is 18.6 Å². The summed E-state index contributed by atoms with van der Waals surface area (Å²) in [5.41, 5.74) is 0.931. The van der Waals surface area contributed by atoms with Gasteiger partial charge in [-0.15, -0.1) is 6.58 Å². The Morgan fingerprint density at radius 2 is 1.92 bits per heavy atom. The Bertz CT molecular complexity index is 739. The molecular weight excluding hydrogens is 330 g/mol. The molecule has 0 N–H and O–H groups in total. The van der Waals surface area contributed by atoms with Crippen LogP contribution in [0.25, 0.3) is 0 Å². The maximum absolute atomic E-state index is 12.2. The van der Waals surface area contributed by atoms with Crippen molar-refractivity contribution in [2.75, 3.05) is 13.2 Å². The van der Waals surface area contributed by atoms with Crippen LogP contribution in [0.2, 0.25) is 0 Å². The standard InChI is InChI=1S/C17H20NO5S/c1-4-13(3)15-11-16(19)18(17(15)20)9-10-23-24(21,22)14-7-5-12(2)6-8-14/h4-8,11,13,15H,1,9-10H2,2-3H3. The van der Waals surface area contributed by atoms with Crippen molar-refractivity contribution < 1.29 is 22.2 Å². The molecule has 2 amide bonds. The van der Waals surface area contributed by atoms with Crippen LogP contribution >= 0.6 is 0 Å². The summed E-state index contributed by atoms with van der Waals surface area (Å²) in [6.07, 6.45) is 2.94. The first-order valence-electron chi connectivity index (χ1n) is 7.55. The normalized spacial score (nSPS) is 19.6. The molecule has 1 aliphatic heterocycles. The predicted octanol–water partition coefficient (Wildman–Crippen LogP) is 1.71. The number of amides is 2. The number of benzene rings is 1. The molecule has 7 heteroatoms. The fraction of sp³-hybridized carbons (Fsp3) is 0.353. The Kier molecular flexibility index (Phi) is 5.56. The Morgan fingerprint density at radius 3 is 2.50 bits per heavy atom. The van der Waals surface area contributed by atoms with Crippen LogP contribution in [-0.2, 0) is 23.9 Å². The monoisotopic (exact) mass is 350 g/mol. The molecule has 2 unspecified atom stereocenters. The first-order valence-corrected chi connectivity index (χ1v) is 8.96. The summed E-state index contributed by atoms with van der Waals surface area (Å²) < 4.78 is 29.1. The van der Waals surface area contributed by atoms with Crippen LogP contribution in [0.4, 0.5) is 0 Å². The van der Waals surface area contributed by atoms with Gasteiger partial charge in [0, 0.05) is 0 Å². The number of imide groups is 1. The Morgan fingerprint density at radius 1 is 1.29 bits per heavy atom. The largest absolute Gasteiger partial charge is 0.297 e. The molecule has 1 aromatic carbocycles. The van der Waals surface area contributed by atoms with Crippen LogP contribution < -0.4 is 0 Å². The topological polar surface area (TPSA) is 80.8 Å². The number of carbonyl (C=O) groups is 2. The van der Waals surface area contributed by atoms with Crippen LogP contribution in [0.1, 0.15) is 12.5 Å². The molecule has 2 atom stereocenters. The minimum Gasteiger partial charge on any atom is -0.280 e. The SMILES string of the molecule is C=CC(C)C1[CH]C(=O)N(CCOS(=O)(=O)c2ccc(C)cc2)C1=O. The molecule has 1 heterocycles. The summed E-state index contributed by atoms with van der Waals surface area (Å²) in [5.74, 6) is -1.51. The molecule has 2 rings (SSSR count). The first-order chi connectivity index (χ1) is 11.3. The molecule has 0 aliphatic carbocycles. The third-order valence-electron chi connectivity index (χ3n) is 3.94. The fourth-order valence-corrected chi connectivity index (χ4v) is 3.26. The van der Waals surface area contributed by atoms with Gasteiger partial charge in [-0.1, -0.05) is 30.7 Å². The lowest BCUT2D eigenvalue weighted by atomic mass is 9.93. The van der Waals surface area contributed by atoms with Gasteiger partial charge in [0.05, 0.1) is 30.4 Å². The summed E-state index contributed by atoms with van der Waals surface area (Å²) in [6.45, 7) is 6.86. The third kappa shape index (κ3) is 3.91. The zero-order valence-electron chi connectivity index (χ0n) is 13.6. The van der Waals surface area contributed by atoms with Crippen LogP contribution in [0, 0.1) is 25.2 Å². The number of carbonyl (C=O) groups excluding carboxylic acids is 2. The van der Waals surface area contributed by atoms with Gasteiger partial charge in [-0.05, 0) is 25.0 Å². The van der Waals surface area contributed by atoms with E-state index in [9.17, 15) is 18.0 Å². The molecule has 0 aromatic heterocycles. The lowest BCUT2D eigenvalue weighted by Gasteiger charge is -2.16. The van der Waals surface area contributed by atoms with Crippen molar-refractivity contribution in [1.82, 2.24) is 4.90 Å². The van der Waals surface area contributed by atoms with Crippen molar-refractivity contribution in [2.24, 2.45) is 11.8 Å². The summed E-state index contributed by atoms with van der Waals surface area (Å²) >= 11 is 0. The number of allylic oxidation sites excluding steroid dienone is 1. The van der Waals surface area contributed by atoms with Gasteiger partial charge in [-0.2, -0.15) is 8.42 Å². The molecule has 1 aliphatic rings. The lowest BCUT2D eigenvalue weighted by molar-refractivity contribution is -0.139. The Balaban J connectivity index is 1.96. The number of likely N-dealkylation sites (tertiary alicyclic amines) is 1. The van der Waals surface area contributed by atoms with E-state index in [4.69, 9.17) is 4.18 Å². The van der Waals surface area contributed by atoms with Crippen molar-refractivity contribution in [3.63, 3.8) is 0 Å². The third-order valence-corrected chi connectivity index (χ3v) is 5.27. The minimum absolute atomic E-state index is 0.0388.